The fourth-order valence-corrected chi connectivity index (χ4v) is 2.52. The van der Waals surface area contributed by atoms with Gasteiger partial charge in [0.25, 0.3) is 0 Å². The van der Waals surface area contributed by atoms with Gasteiger partial charge in [0.1, 0.15) is 0 Å². The Morgan fingerprint density at radius 2 is 2.25 bits per heavy atom. The van der Waals surface area contributed by atoms with Gasteiger partial charge in [-0.15, -0.1) is 0 Å². The van der Waals surface area contributed by atoms with E-state index in [1.807, 2.05) is 35.7 Å². The number of hydrogen-bond acceptors (Lipinski definition) is 2. The quantitative estimate of drug-likeness (QED) is 0.855. The summed E-state index contributed by atoms with van der Waals surface area (Å²) in [5.41, 5.74) is 3.69. The zero-order valence-electron chi connectivity index (χ0n) is 11.1. The van der Waals surface area contributed by atoms with Crippen molar-refractivity contribution in [1.82, 2.24) is 14.4 Å². The van der Waals surface area contributed by atoms with E-state index in [9.17, 15) is 8.78 Å². The van der Waals surface area contributed by atoms with E-state index in [1.165, 1.54) is 0 Å². The molecule has 0 radical (unpaired) electrons. The Bertz CT molecular complexity index is 685. The predicted octanol–water partition coefficient (Wildman–Crippen LogP) is 3.65. The second-order valence-corrected chi connectivity index (χ2v) is 4.99. The van der Waals surface area contributed by atoms with Crippen LogP contribution in [0.3, 0.4) is 0 Å². The smallest absolute Gasteiger partial charge is 0.239 e. The lowest BCUT2D eigenvalue weighted by molar-refractivity contribution is 0.123. The summed E-state index contributed by atoms with van der Waals surface area (Å²) in [5, 5.41) is 0. The summed E-state index contributed by atoms with van der Waals surface area (Å²) >= 11 is 0. The first-order chi connectivity index (χ1) is 9.65. The third-order valence-electron chi connectivity index (χ3n) is 3.57. The normalized spacial score (nSPS) is 18.8. The van der Waals surface area contributed by atoms with Crippen LogP contribution in [-0.2, 0) is 0 Å². The Morgan fingerprint density at radius 1 is 1.40 bits per heavy atom. The van der Waals surface area contributed by atoms with Crippen LogP contribution in [-0.4, -0.2) is 20.8 Å². The molecule has 0 bridgehead atoms. The van der Waals surface area contributed by atoms with Gasteiger partial charge in [0, 0.05) is 18.8 Å². The van der Waals surface area contributed by atoms with Gasteiger partial charge < -0.3 is 0 Å². The number of allylic oxidation sites excluding steroid dienone is 4. The van der Waals surface area contributed by atoms with Gasteiger partial charge in [-0.05, 0) is 24.8 Å². The molecule has 0 saturated carbocycles. The van der Waals surface area contributed by atoms with Gasteiger partial charge in [-0.1, -0.05) is 18.2 Å². The number of alkyl halides is 2. The summed E-state index contributed by atoms with van der Waals surface area (Å²) < 4.78 is 26.7. The predicted molar refractivity (Wildman–Crippen MR) is 73.6 cm³/mol. The van der Waals surface area contributed by atoms with Crippen LogP contribution in [0.4, 0.5) is 8.78 Å². The third kappa shape index (κ3) is 2.35. The maximum atomic E-state index is 12.4. The van der Waals surface area contributed by atoms with E-state index >= 15 is 0 Å². The molecule has 5 heteroatoms. The van der Waals surface area contributed by atoms with E-state index in [1.54, 1.807) is 12.4 Å². The molecule has 1 unspecified atom stereocenters. The lowest BCUT2D eigenvalue weighted by atomic mass is 9.93. The minimum Gasteiger partial charge on any atom is -0.297 e. The van der Waals surface area contributed by atoms with Crippen molar-refractivity contribution in [3.63, 3.8) is 0 Å². The van der Waals surface area contributed by atoms with Gasteiger partial charge in [0.05, 0.1) is 17.6 Å². The van der Waals surface area contributed by atoms with E-state index in [2.05, 4.69) is 9.97 Å². The van der Waals surface area contributed by atoms with E-state index in [0.717, 1.165) is 22.6 Å². The molecule has 20 heavy (non-hydrogen) atoms. The van der Waals surface area contributed by atoms with Crippen molar-refractivity contribution in [2.24, 2.45) is 5.92 Å². The Labute approximate surface area is 115 Å². The highest BCUT2D eigenvalue weighted by Crippen LogP contribution is 2.28. The van der Waals surface area contributed by atoms with Crippen LogP contribution in [0.15, 0.2) is 36.8 Å². The van der Waals surface area contributed by atoms with Gasteiger partial charge in [-0.2, -0.15) is 0 Å². The summed E-state index contributed by atoms with van der Waals surface area (Å²) in [4.78, 5) is 8.57. The number of rotatable bonds is 3. The van der Waals surface area contributed by atoms with Gasteiger partial charge in [-0.3, -0.25) is 9.38 Å². The monoisotopic (exact) mass is 275 g/mol. The summed E-state index contributed by atoms with van der Waals surface area (Å²) in [6, 6.07) is 0. The van der Waals surface area contributed by atoms with E-state index in [4.69, 9.17) is 0 Å². The zero-order valence-corrected chi connectivity index (χ0v) is 11.1. The Balaban J connectivity index is 1.89. The topological polar surface area (TPSA) is 30.2 Å². The fourth-order valence-electron chi connectivity index (χ4n) is 2.52. The fraction of sp³-hybridized carbons (Fsp3) is 0.333. The molecule has 1 aliphatic rings. The highest BCUT2D eigenvalue weighted by molar-refractivity contribution is 5.74. The molecular formula is C15H15F2N3. The molecule has 1 atom stereocenters. The minimum atomic E-state index is -2.25. The first-order valence-corrected chi connectivity index (χ1v) is 6.60. The Kier molecular flexibility index (Phi) is 3.34. The number of halogens is 2. The molecule has 0 aromatic carbocycles. The molecule has 3 nitrogen and oxygen atoms in total. The number of aromatic nitrogens is 3. The van der Waals surface area contributed by atoms with Crippen molar-refractivity contribution in [3.8, 4) is 0 Å². The molecule has 104 valence electrons. The van der Waals surface area contributed by atoms with Gasteiger partial charge in [-0.25, -0.2) is 13.8 Å². The third-order valence-corrected chi connectivity index (χ3v) is 3.57. The minimum absolute atomic E-state index is 0.0682. The van der Waals surface area contributed by atoms with Crippen molar-refractivity contribution in [2.45, 2.75) is 26.2 Å². The van der Waals surface area contributed by atoms with Crippen molar-refractivity contribution >= 4 is 11.2 Å². The highest BCUT2D eigenvalue weighted by atomic mass is 19.3. The van der Waals surface area contributed by atoms with Crippen molar-refractivity contribution in [2.75, 3.05) is 0 Å². The number of imidazole rings is 1. The molecule has 1 aliphatic carbocycles. The lowest BCUT2D eigenvalue weighted by Gasteiger charge is -2.15. The van der Waals surface area contributed by atoms with Crippen molar-refractivity contribution < 1.29 is 8.78 Å². The molecule has 2 aromatic rings. The molecule has 0 spiro atoms. The van der Waals surface area contributed by atoms with E-state index in [0.29, 0.717) is 6.42 Å². The SMILES string of the molecule is Cc1nccn2c(C3=CCC(CC(F)F)C=C3)cnc12. The summed E-state index contributed by atoms with van der Waals surface area (Å²) in [6.07, 6.45) is 9.52. The van der Waals surface area contributed by atoms with Crippen molar-refractivity contribution in [1.29, 1.82) is 0 Å². The van der Waals surface area contributed by atoms with Gasteiger partial charge in [0.2, 0.25) is 6.43 Å². The largest absolute Gasteiger partial charge is 0.297 e. The molecule has 0 amide bonds. The standard InChI is InChI=1S/C15H15F2N3/c1-10-15-19-9-13(20(15)7-6-18-10)12-4-2-11(3-5-12)8-14(16)17/h2,4-7,9,11,14H,3,8H2,1H3. The average molecular weight is 275 g/mol. The maximum absolute atomic E-state index is 12.4. The van der Waals surface area contributed by atoms with Crippen molar-refractivity contribution in [3.05, 3.63) is 48.2 Å². The molecule has 0 fully saturated rings. The van der Waals surface area contributed by atoms with Crippen LogP contribution in [0.5, 0.6) is 0 Å². The van der Waals surface area contributed by atoms with Crippen LogP contribution >= 0.6 is 0 Å². The Hall–Kier alpha value is -2.04. The molecule has 0 saturated heterocycles. The lowest BCUT2D eigenvalue weighted by Crippen LogP contribution is -2.05. The molecule has 2 heterocycles. The summed E-state index contributed by atoms with van der Waals surface area (Å²) in [6.45, 7) is 1.91. The van der Waals surface area contributed by atoms with Gasteiger partial charge >= 0.3 is 0 Å². The van der Waals surface area contributed by atoms with E-state index in [-0.39, 0.29) is 12.3 Å². The van der Waals surface area contributed by atoms with Crippen LogP contribution in [0, 0.1) is 12.8 Å². The number of nitrogens with zero attached hydrogens (tertiary/aromatic N) is 3. The first kappa shape index (κ1) is 13.0. The zero-order chi connectivity index (χ0) is 14.1. The number of hydrogen-bond donors (Lipinski definition) is 0. The number of aryl methyl sites for hydroxylation is 1. The van der Waals surface area contributed by atoms with Crippen LogP contribution in [0.2, 0.25) is 0 Å². The molecular weight excluding hydrogens is 260 g/mol. The molecule has 2 aromatic heterocycles. The molecule has 3 rings (SSSR count). The maximum Gasteiger partial charge on any atom is 0.239 e. The van der Waals surface area contributed by atoms with Crippen LogP contribution in [0.1, 0.15) is 24.2 Å². The van der Waals surface area contributed by atoms with Gasteiger partial charge in [0.15, 0.2) is 5.65 Å². The molecule has 0 N–H and O–H groups in total. The van der Waals surface area contributed by atoms with Crippen LogP contribution in [0.25, 0.3) is 11.2 Å². The average Bonchev–Trinajstić information content (AvgIpc) is 2.84. The second kappa shape index (κ2) is 5.15. The first-order valence-electron chi connectivity index (χ1n) is 6.60. The Morgan fingerprint density at radius 3 is 2.95 bits per heavy atom. The summed E-state index contributed by atoms with van der Waals surface area (Å²) in [7, 11) is 0. The summed E-state index contributed by atoms with van der Waals surface area (Å²) in [5.74, 6) is -0.0682. The van der Waals surface area contributed by atoms with Crippen LogP contribution < -0.4 is 0 Å². The number of fused-ring (bicyclic) bond motifs is 1. The highest BCUT2D eigenvalue weighted by Gasteiger charge is 2.16. The van der Waals surface area contributed by atoms with E-state index < -0.39 is 6.43 Å². The molecule has 0 aliphatic heterocycles. The second-order valence-electron chi connectivity index (χ2n) is 4.99.